The van der Waals surface area contributed by atoms with Gasteiger partial charge in [-0.15, -0.1) is 0 Å². The van der Waals surface area contributed by atoms with E-state index in [9.17, 15) is 14.7 Å². The predicted molar refractivity (Wildman–Crippen MR) is 70.0 cm³/mol. The van der Waals surface area contributed by atoms with E-state index in [1.165, 1.54) is 4.90 Å². The van der Waals surface area contributed by atoms with Gasteiger partial charge in [-0.1, -0.05) is 42.5 Å². The van der Waals surface area contributed by atoms with Crippen molar-refractivity contribution in [3.63, 3.8) is 0 Å². The Balaban J connectivity index is 1.88. The van der Waals surface area contributed by atoms with Crippen molar-refractivity contribution in [1.82, 2.24) is 4.90 Å². The molecule has 3 unspecified atom stereocenters. The maximum atomic E-state index is 12.5. The standard InChI is InChI=1S/C15H15NO3/c17-14(11-4-2-1-3-5-11)12-8-10-6-7-13(12)16(9-10)15(18)19/h1-7,10,12-13H,8-9H2,(H,18,19). The number of carbonyl (C=O) groups is 2. The van der Waals surface area contributed by atoms with Gasteiger partial charge in [-0.2, -0.15) is 0 Å². The number of piperidine rings is 1. The van der Waals surface area contributed by atoms with E-state index in [2.05, 4.69) is 0 Å². The topological polar surface area (TPSA) is 57.6 Å². The highest BCUT2D eigenvalue weighted by atomic mass is 16.4. The van der Waals surface area contributed by atoms with Gasteiger partial charge in [0.1, 0.15) is 0 Å². The summed E-state index contributed by atoms with van der Waals surface area (Å²) in [6.45, 7) is 0.509. The van der Waals surface area contributed by atoms with Crippen molar-refractivity contribution in [1.29, 1.82) is 0 Å². The zero-order valence-corrected chi connectivity index (χ0v) is 10.4. The fourth-order valence-corrected chi connectivity index (χ4v) is 3.06. The summed E-state index contributed by atoms with van der Waals surface area (Å²) >= 11 is 0. The molecular weight excluding hydrogens is 242 g/mol. The second-order valence-corrected chi connectivity index (χ2v) is 5.14. The van der Waals surface area contributed by atoms with Gasteiger partial charge in [-0.25, -0.2) is 4.79 Å². The molecule has 0 saturated carbocycles. The van der Waals surface area contributed by atoms with Crippen molar-refractivity contribution >= 4 is 11.9 Å². The van der Waals surface area contributed by atoms with E-state index in [1.807, 2.05) is 30.4 Å². The molecule has 2 bridgehead atoms. The molecule has 1 N–H and O–H groups in total. The Hall–Kier alpha value is -2.10. The maximum absolute atomic E-state index is 12.5. The summed E-state index contributed by atoms with van der Waals surface area (Å²) in [6, 6.07) is 8.81. The SMILES string of the molecule is O=C(c1ccccc1)C1CC2C=CC1N(C(=O)O)C2. The van der Waals surface area contributed by atoms with E-state index in [0.29, 0.717) is 12.1 Å². The van der Waals surface area contributed by atoms with Crippen molar-refractivity contribution in [2.45, 2.75) is 12.5 Å². The van der Waals surface area contributed by atoms with Crippen molar-refractivity contribution in [3.8, 4) is 0 Å². The number of carboxylic acid groups (broad SMARTS) is 1. The third-order valence-electron chi connectivity index (χ3n) is 3.98. The van der Waals surface area contributed by atoms with Crippen molar-refractivity contribution in [3.05, 3.63) is 48.0 Å². The zero-order chi connectivity index (χ0) is 13.4. The average molecular weight is 257 g/mol. The Bertz CT molecular complexity index is 538. The molecule has 2 aliphatic heterocycles. The zero-order valence-electron chi connectivity index (χ0n) is 10.4. The van der Waals surface area contributed by atoms with Gasteiger partial charge in [0.15, 0.2) is 5.78 Å². The number of ketones is 1. The van der Waals surface area contributed by atoms with Crippen LogP contribution in [0.25, 0.3) is 0 Å². The molecule has 4 rings (SSSR count). The van der Waals surface area contributed by atoms with E-state index >= 15 is 0 Å². The molecule has 0 radical (unpaired) electrons. The summed E-state index contributed by atoms with van der Waals surface area (Å²) in [7, 11) is 0. The lowest BCUT2D eigenvalue weighted by Gasteiger charge is -2.44. The van der Waals surface area contributed by atoms with Gasteiger partial charge in [0.25, 0.3) is 0 Å². The Morgan fingerprint density at radius 2 is 1.89 bits per heavy atom. The first-order valence-corrected chi connectivity index (χ1v) is 6.44. The van der Waals surface area contributed by atoms with Gasteiger partial charge in [0, 0.05) is 18.0 Å². The first kappa shape index (κ1) is 12.0. The highest BCUT2D eigenvalue weighted by Gasteiger charge is 2.43. The molecule has 1 amide bonds. The minimum atomic E-state index is -0.940. The lowest BCUT2D eigenvalue weighted by atomic mass is 9.74. The van der Waals surface area contributed by atoms with Crippen LogP contribution in [0.2, 0.25) is 0 Å². The fourth-order valence-electron chi connectivity index (χ4n) is 3.06. The minimum Gasteiger partial charge on any atom is -0.465 e. The largest absolute Gasteiger partial charge is 0.465 e. The molecule has 98 valence electrons. The van der Waals surface area contributed by atoms with Gasteiger partial charge in [0.2, 0.25) is 0 Å². The number of benzene rings is 1. The number of fused-ring (bicyclic) bond motifs is 2. The number of hydrogen-bond donors (Lipinski definition) is 1. The van der Waals surface area contributed by atoms with Crippen molar-refractivity contribution < 1.29 is 14.7 Å². The molecule has 0 spiro atoms. The Kier molecular flexibility index (Phi) is 2.85. The van der Waals surface area contributed by atoms with Crippen LogP contribution in [0, 0.1) is 11.8 Å². The quantitative estimate of drug-likeness (QED) is 0.654. The lowest BCUT2D eigenvalue weighted by molar-refractivity contribution is 0.0582. The van der Waals surface area contributed by atoms with Gasteiger partial charge >= 0.3 is 6.09 Å². The molecule has 1 aromatic rings. The monoisotopic (exact) mass is 257 g/mol. The van der Waals surface area contributed by atoms with Crippen LogP contribution in [0.3, 0.4) is 0 Å². The minimum absolute atomic E-state index is 0.0471. The molecule has 1 aromatic carbocycles. The van der Waals surface area contributed by atoms with Crippen LogP contribution in [0.15, 0.2) is 42.5 Å². The van der Waals surface area contributed by atoms with Gasteiger partial charge in [0.05, 0.1) is 6.04 Å². The van der Waals surface area contributed by atoms with Crippen LogP contribution in [0.1, 0.15) is 16.8 Å². The molecule has 2 heterocycles. The van der Waals surface area contributed by atoms with Gasteiger partial charge in [-0.05, 0) is 12.3 Å². The highest BCUT2D eigenvalue weighted by Crippen LogP contribution is 2.36. The van der Waals surface area contributed by atoms with Gasteiger partial charge < -0.3 is 10.0 Å². The third kappa shape index (κ3) is 2.03. The predicted octanol–water partition coefficient (Wildman–Crippen LogP) is 2.42. The molecular formula is C15H15NO3. The molecule has 1 saturated heterocycles. The third-order valence-corrected chi connectivity index (χ3v) is 3.98. The Morgan fingerprint density at radius 1 is 1.16 bits per heavy atom. The molecule has 1 aliphatic carbocycles. The molecule has 0 aromatic heterocycles. The van der Waals surface area contributed by atoms with E-state index < -0.39 is 6.09 Å². The fraction of sp³-hybridized carbons (Fsp3) is 0.333. The lowest BCUT2D eigenvalue weighted by Crippen LogP contribution is -2.54. The Labute approximate surface area is 111 Å². The van der Waals surface area contributed by atoms with Crippen molar-refractivity contribution in [2.75, 3.05) is 6.54 Å². The summed E-state index contributed by atoms with van der Waals surface area (Å²) in [5.74, 6) is -0.0353. The van der Waals surface area contributed by atoms with Crippen LogP contribution in [0.4, 0.5) is 4.79 Å². The van der Waals surface area contributed by atoms with E-state index in [1.54, 1.807) is 12.1 Å². The molecule has 4 nitrogen and oxygen atoms in total. The molecule has 3 atom stereocenters. The number of rotatable bonds is 2. The summed E-state index contributed by atoms with van der Waals surface area (Å²) < 4.78 is 0. The first-order chi connectivity index (χ1) is 9.16. The Morgan fingerprint density at radius 3 is 2.53 bits per heavy atom. The number of hydrogen-bond acceptors (Lipinski definition) is 2. The highest BCUT2D eigenvalue weighted by molar-refractivity contribution is 5.99. The van der Waals surface area contributed by atoms with Crippen LogP contribution in [0.5, 0.6) is 0 Å². The molecule has 3 aliphatic rings. The van der Waals surface area contributed by atoms with E-state index in [0.717, 1.165) is 6.42 Å². The number of carbonyl (C=O) groups excluding carboxylic acids is 1. The van der Waals surface area contributed by atoms with E-state index in [-0.39, 0.29) is 23.7 Å². The van der Waals surface area contributed by atoms with Crippen LogP contribution >= 0.6 is 0 Å². The second kappa shape index (κ2) is 4.53. The summed E-state index contributed by atoms with van der Waals surface area (Å²) in [6.07, 6.45) is 3.72. The normalized spacial score (nSPS) is 28.4. The van der Waals surface area contributed by atoms with E-state index in [4.69, 9.17) is 0 Å². The molecule has 1 fully saturated rings. The second-order valence-electron chi connectivity index (χ2n) is 5.14. The first-order valence-electron chi connectivity index (χ1n) is 6.44. The number of amides is 1. The summed E-state index contributed by atoms with van der Waals surface area (Å²) in [5, 5.41) is 9.21. The average Bonchev–Trinajstić information content (AvgIpc) is 2.47. The van der Waals surface area contributed by atoms with Crippen LogP contribution in [-0.4, -0.2) is 34.5 Å². The summed E-state index contributed by atoms with van der Waals surface area (Å²) in [4.78, 5) is 25.1. The van der Waals surface area contributed by atoms with Crippen molar-refractivity contribution in [2.24, 2.45) is 11.8 Å². The maximum Gasteiger partial charge on any atom is 0.407 e. The molecule has 4 heteroatoms. The number of Topliss-reactive ketones (excluding diaryl/α,β-unsaturated/α-hetero) is 1. The summed E-state index contributed by atoms with van der Waals surface area (Å²) in [5.41, 5.74) is 0.666. The van der Waals surface area contributed by atoms with Gasteiger partial charge in [-0.3, -0.25) is 4.79 Å². The smallest absolute Gasteiger partial charge is 0.407 e. The molecule has 19 heavy (non-hydrogen) atoms. The van der Waals surface area contributed by atoms with Crippen LogP contribution in [-0.2, 0) is 0 Å². The van der Waals surface area contributed by atoms with Crippen LogP contribution < -0.4 is 0 Å². The number of nitrogens with zero attached hydrogens (tertiary/aromatic N) is 1.